The van der Waals surface area contributed by atoms with Gasteiger partial charge in [-0.2, -0.15) is 0 Å². The maximum absolute atomic E-state index is 11.4. The highest BCUT2D eigenvalue weighted by molar-refractivity contribution is 7.14. The number of carboxylic acid groups (broad SMARTS) is 1. The Morgan fingerprint density at radius 1 is 1.56 bits per heavy atom. The van der Waals surface area contributed by atoms with Crippen LogP contribution in [-0.2, 0) is 13.0 Å². The number of carbonyl (C=O) groups is 2. The van der Waals surface area contributed by atoms with E-state index in [1.54, 1.807) is 18.0 Å². The molecule has 0 aromatic carbocycles. The summed E-state index contributed by atoms with van der Waals surface area (Å²) in [6.45, 7) is 1.14. The maximum atomic E-state index is 11.4. The number of hydrogen-bond acceptors (Lipinski definition) is 3. The van der Waals surface area contributed by atoms with E-state index in [1.165, 1.54) is 11.3 Å². The second-order valence-electron chi connectivity index (χ2n) is 3.59. The van der Waals surface area contributed by atoms with Crippen LogP contribution in [0.5, 0.6) is 0 Å². The predicted molar refractivity (Wildman–Crippen MR) is 59.8 cm³/mol. The zero-order valence-corrected chi connectivity index (χ0v) is 9.63. The van der Waals surface area contributed by atoms with Crippen molar-refractivity contribution in [3.8, 4) is 0 Å². The van der Waals surface area contributed by atoms with E-state index in [9.17, 15) is 9.59 Å². The van der Waals surface area contributed by atoms with Crippen molar-refractivity contribution in [1.29, 1.82) is 0 Å². The van der Waals surface area contributed by atoms with E-state index in [1.807, 2.05) is 0 Å². The molecule has 0 fully saturated rings. The minimum absolute atomic E-state index is 0.117. The number of urea groups is 1. The van der Waals surface area contributed by atoms with Crippen LogP contribution < -0.4 is 5.32 Å². The summed E-state index contributed by atoms with van der Waals surface area (Å²) in [5, 5.41) is 11.4. The van der Waals surface area contributed by atoms with Gasteiger partial charge in [0.1, 0.15) is 4.88 Å². The lowest BCUT2D eigenvalue weighted by Gasteiger charge is -2.26. The molecule has 1 aliphatic heterocycles. The van der Waals surface area contributed by atoms with Gasteiger partial charge in [-0.3, -0.25) is 0 Å². The number of aromatic carboxylic acids is 1. The Kier molecular flexibility index (Phi) is 2.82. The number of amides is 2. The minimum atomic E-state index is -0.897. The third kappa shape index (κ3) is 1.88. The molecule has 2 N–H and O–H groups in total. The van der Waals surface area contributed by atoms with Gasteiger partial charge in [-0.05, 0) is 18.1 Å². The molecule has 0 aliphatic carbocycles. The standard InChI is InChI=1S/C10H12N2O3S/c1-11-10(15)12-3-2-7-6(5-12)4-8(16-7)9(13)14/h4H,2-3,5H2,1H3,(H,11,15)(H,13,14). The normalized spacial score (nSPS) is 14.4. The van der Waals surface area contributed by atoms with E-state index < -0.39 is 5.97 Å². The maximum Gasteiger partial charge on any atom is 0.345 e. The van der Waals surface area contributed by atoms with Gasteiger partial charge >= 0.3 is 12.0 Å². The lowest BCUT2D eigenvalue weighted by atomic mass is 10.1. The van der Waals surface area contributed by atoms with Gasteiger partial charge in [0.05, 0.1) is 0 Å². The van der Waals surface area contributed by atoms with Crippen molar-refractivity contribution < 1.29 is 14.7 Å². The van der Waals surface area contributed by atoms with E-state index in [4.69, 9.17) is 5.11 Å². The molecule has 2 heterocycles. The molecule has 1 aromatic heterocycles. The number of thiophene rings is 1. The van der Waals surface area contributed by atoms with E-state index in [2.05, 4.69) is 5.32 Å². The number of nitrogens with one attached hydrogen (secondary N) is 1. The summed E-state index contributed by atoms with van der Waals surface area (Å²) in [5.74, 6) is -0.897. The van der Waals surface area contributed by atoms with Crippen molar-refractivity contribution >= 4 is 23.3 Å². The summed E-state index contributed by atoms with van der Waals surface area (Å²) in [4.78, 5) is 25.3. The van der Waals surface area contributed by atoms with Crippen LogP contribution in [-0.4, -0.2) is 35.6 Å². The molecule has 0 bridgehead atoms. The fourth-order valence-electron chi connectivity index (χ4n) is 1.77. The van der Waals surface area contributed by atoms with Crippen LogP contribution in [0.25, 0.3) is 0 Å². The van der Waals surface area contributed by atoms with E-state index in [-0.39, 0.29) is 6.03 Å². The first-order valence-corrected chi connectivity index (χ1v) is 5.75. The average molecular weight is 240 g/mol. The Hall–Kier alpha value is -1.56. The molecule has 1 aliphatic rings. The van der Waals surface area contributed by atoms with E-state index in [0.29, 0.717) is 18.0 Å². The SMILES string of the molecule is CNC(=O)N1CCc2sc(C(=O)O)cc2C1. The molecule has 5 nitrogen and oxygen atoms in total. The van der Waals surface area contributed by atoms with Gasteiger partial charge in [0.15, 0.2) is 0 Å². The van der Waals surface area contributed by atoms with Crippen LogP contribution in [0.3, 0.4) is 0 Å². The number of hydrogen-bond donors (Lipinski definition) is 2. The summed E-state index contributed by atoms with van der Waals surface area (Å²) in [6, 6.07) is 1.55. The Labute approximate surface area is 96.7 Å². The number of fused-ring (bicyclic) bond motifs is 1. The molecule has 2 amide bonds. The van der Waals surface area contributed by atoms with E-state index >= 15 is 0 Å². The van der Waals surface area contributed by atoms with Crippen molar-refractivity contribution in [3.05, 3.63) is 21.4 Å². The smallest absolute Gasteiger partial charge is 0.345 e. The number of rotatable bonds is 1. The molecule has 0 spiro atoms. The van der Waals surface area contributed by atoms with Crippen molar-refractivity contribution in [2.75, 3.05) is 13.6 Å². The Balaban J connectivity index is 2.20. The second kappa shape index (κ2) is 4.13. The first-order valence-electron chi connectivity index (χ1n) is 4.93. The Morgan fingerprint density at radius 2 is 2.31 bits per heavy atom. The summed E-state index contributed by atoms with van der Waals surface area (Å²) in [6.07, 6.45) is 0.737. The molecular weight excluding hydrogens is 228 g/mol. The zero-order valence-electron chi connectivity index (χ0n) is 8.82. The van der Waals surface area contributed by atoms with Crippen molar-refractivity contribution in [3.63, 3.8) is 0 Å². The summed E-state index contributed by atoms with van der Waals surface area (Å²) < 4.78 is 0. The lowest BCUT2D eigenvalue weighted by molar-refractivity contribution is 0.0702. The molecule has 86 valence electrons. The van der Waals surface area contributed by atoms with Crippen molar-refractivity contribution in [1.82, 2.24) is 10.2 Å². The molecule has 0 radical (unpaired) electrons. The molecule has 2 rings (SSSR count). The number of carboxylic acids is 1. The quantitative estimate of drug-likeness (QED) is 0.773. The van der Waals surface area contributed by atoms with Crippen molar-refractivity contribution in [2.24, 2.45) is 0 Å². The molecule has 6 heteroatoms. The van der Waals surface area contributed by atoms with Gasteiger partial charge in [-0.25, -0.2) is 9.59 Å². The predicted octanol–water partition coefficient (Wildman–Crippen LogP) is 1.14. The van der Waals surface area contributed by atoms with E-state index in [0.717, 1.165) is 16.9 Å². The fourth-order valence-corrected chi connectivity index (χ4v) is 2.77. The molecule has 16 heavy (non-hydrogen) atoms. The number of nitrogens with zero attached hydrogens (tertiary/aromatic N) is 1. The number of carbonyl (C=O) groups excluding carboxylic acids is 1. The highest BCUT2D eigenvalue weighted by atomic mass is 32.1. The van der Waals surface area contributed by atoms with Crippen LogP contribution in [0, 0.1) is 0 Å². The van der Waals surface area contributed by atoms with Crippen molar-refractivity contribution in [2.45, 2.75) is 13.0 Å². The van der Waals surface area contributed by atoms with Gasteiger partial charge in [0.25, 0.3) is 0 Å². The third-order valence-electron chi connectivity index (χ3n) is 2.58. The van der Waals surface area contributed by atoms with Crippen LogP contribution in [0.4, 0.5) is 4.79 Å². The first kappa shape index (κ1) is 10.9. The van der Waals surface area contributed by atoms with Gasteiger partial charge < -0.3 is 15.3 Å². The monoisotopic (exact) mass is 240 g/mol. The van der Waals surface area contributed by atoms with Gasteiger partial charge in [0.2, 0.25) is 0 Å². The third-order valence-corrected chi connectivity index (χ3v) is 3.80. The van der Waals surface area contributed by atoms with Gasteiger partial charge in [-0.1, -0.05) is 0 Å². The van der Waals surface area contributed by atoms with Crippen LogP contribution in [0.2, 0.25) is 0 Å². The van der Waals surface area contributed by atoms with Gasteiger partial charge in [0, 0.05) is 25.0 Å². The highest BCUT2D eigenvalue weighted by Crippen LogP contribution is 2.28. The van der Waals surface area contributed by atoms with Crippen LogP contribution >= 0.6 is 11.3 Å². The van der Waals surface area contributed by atoms with Gasteiger partial charge in [-0.15, -0.1) is 11.3 Å². The largest absolute Gasteiger partial charge is 0.477 e. The summed E-state index contributed by atoms with van der Waals surface area (Å²) in [5.41, 5.74) is 0.956. The molecule has 0 saturated carbocycles. The summed E-state index contributed by atoms with van der Waals surface area (Å²) >= 11 is 1.31. The average Bonchev–Trinajstić information content (AvgIpc) is 2.70. The first-order chi connectivity index (χ1) is 7.61. The van der Waals surface area contributed by atoms with Crippen LogP contribution in [0.1, 0.15) is 20.1 Å². The lowest BCUT2D eigenvalue weighted by Crippen LogP contribution is -2.40. The minimum Gasteiger partial charge on any atom is -0.477 e. The fraction of sp³-hybridized carbons (Fsp3) is 0.400. The molecular formula is C10H12N2O3S. The molecule has 0 atom stereocenters. The zero-order chi connectivity index (χ0) is 11.7. The highest BCUT2D eigenvalue weighted by Gasteiger charge is 2.23. The second-order valence-corrected chi connectivity index (χ2v) is 4.73. The Morgan fingerprint density at radius 3 is 2.94 bits per heavy atom. The molecule has 0 unspecified atom stereocenters. The summed E-state index contributed by atoms with van der Waals surface area (Å²) in [7, 11) is 1.59. The molecule has 1 aromatic rings. The topological polar surface area (TPSA) is 69.6 Å². The molecule has 0 saturated heterocycles. The van der Waals surface area contributed by atoms with Crippen LogP contribution in [0.15, 0.2) is 6.07 Å². The Bertz CT molecular complexity index is 441.